The second-order valence-electron chi connectivity index (χ2n) is 7.28. The van der Waals surface area contributed by atoms with Crippen LogP contribution >= 0.6 is 0 Å². The first-order valence-electron chi connectivity index (χ1n) is 10.2. The van der Waals surface area contributed by atoms with Gasteiger partial charge in [0.1, 0.15) is 6.61 Å². The van der Waals surface area contributed by atoms with Gasteiger partial charge >= 0.3 is 5.97 Å². The summed E-state index contributed by atoms with van der Waals surface area (Å²) in [5, 5.41) is 14.7. The number of nitro benzene ring substituents is 1. The molecule has 7 heteroatoms. The van der Waals surface area contributed by atoms with Crippen LogP contribution in [0.1, 0.15) is 37.8 Å². The number of rotatable bonds is 7. The minimum Gasteiger partial charge on any atom is -0.458 e. The summed E-state index contributed by atoms with van der Waals surface area (Å²) >= 11 is 0. The summed E-state index contributed by atoms with van der Waals surface area (Å²) in [7, 11) is 0. The highest BCUT2D eigenvalue weighted by Crippen LogP contribution is 2.44. The van der Waals surface area contributed by atoms with Gasteiger partial charge in [0.2, 0.25) is 0 Å². The zero-order valence-corrected chi connectivity index (χ0v) is 18.2. The van der Waals surface area contributed by atoms with E-state index < -0.39 is 16.8 Å². The van der Waals surface area contributed by atoms with Crippen molar-refractivity contribution in [3.05, 3.63) is 111 Å². The van der Waals surface area contributed by atoms with Gasteiger partial charge in [0.05, 0.1) is 10.5 Å². The molecule has 0 amide bonds. The van der Waals surface area contributed by atoms with Crippen LogP contribution in [0.5, 0.6) is 0 Å². The summed E-state index contributed by atoms with van der Waals surface area (Å²) in [5.41, 5.74) is 4.14. The van der Waals surface area contributed by atoms with Gasteiger partial charge in [-0.3, -0.25) is 15.1 Å². The molecule has 164 valence electrons. The van der Waals surface area contributed by atoms with E-state index in [1.807, 2.05) is 38.1 Å². The van der Waals surface area contributed by atoms with E-state index in [0.29, 0.717) is 16.8 Å². The second-order valence-corrected chi connectivity index (χ2v) is 7.28. The fourth-order valence-electron chi connectivity index (χ4n) is 3.77. The molecule has 0 fully saturated rings. The normalized spacial score (nSPS) is 16.5. The lowest BCUT2D eigenvalue weighted by atomic mass is 9.78. The van der Waals surface area contributed by atoms with E-state index in [4.69, 9.17) is 4.74 Å². The highest BCUT2D eigenvalue weighted by Gasteiger charge is 2.35. The van der Waals surface area contributed by atoms with Crippen molar-refractivity contribution in [1.29, 1.82) is 0 Å². The van der Waals surface area contributed by atoms with Crippen LogP contribution in [0.25, 0.3) is 5.57 Å². The van der Waals surface area contributed by atoms with Crippen molar-refractivity contribution in [1.82, 2.24) is 10.3 Å². The van der Waals surface area contributed by atoms with Gasteiger partial charge < -0.3 is 10.1 Å². The lowest BCUT2D eigenvalue weighted by Gasteiger charge is -2.31. The van der Waals surface area contributed by atoms with E-state index in [1.165, 1.54) is 12.1 Å². The molecule has 0 aliphatic carbocycles. The lowest BCUT2D eigenvalue weighted by molar-refractivity contribution is -0.384. The monoisotopic (exact) mass is 431 g/mol. The number of non-ortho nitro benzene ring substituents is 1. The minimum atomic E-state index is -0.549. The molecule has 1 aliphatic heterocycles. The molecule has 7 nitrogen and oxygen atoms in total. The predicted molar refractivity (Wildman–Crippen MR) is 123 cm³/mol. The molecule has 2 heterocycles. The topological polar surface area (TPSA) is 94.4 Å². The molecular weight excluding hydrogens is 406 g/mol. The first-order chi connectivity index (χ1) is 15.4. The largest absolute Gasteiger partial charge is 0.458 e. The van der Waals surface area contributed by atoms with Gasteiger partial charge in [-0.2, -0.15) is 0 Å². The van der Waals surface area contributed by atoms with E-state index in [9.17, 15) is 14.9 Å². The van der Waals surface area contributed by atoms with Gasteiger partial charge in [-0.15, -0.1) is 0 Å². The Labute approximate surface area is 187 Å². The molecule has 2 aromatic rings. The Morgan fingerprint density at radius 3 is 2.72 bits per heavy atom. The molecule has 0 bridgehead atoms. The number of carbonyl (C=O) groups excluding carboxylic acids is 1. The molecule has 0 spiro atoms. The third kappa shape index (κ3) is 5.00. The lowest BCUT2D eigenvalue weighted by Crippen LogP contribution is -2.28. The van der Waals surface area contributed by atoms with Crippen molar-refractivity contribution >= 4 is 17.2 Å². The standard InChI is InChI=1S/C25H25N3O4/c1-4-5-6-7-14-32-25(29)23-18(3)27-17(2)22(20-11-9-13-26-16-20)24(23)19-10-8-12-21(15-19)28(30)31/h4-13,15-16,24,27H,14H2,1-3H3/b5-4+,7-6+. The van der Waals surface area contributed by atoms with Crippen LogP contribution < -0.4 is 5.32 Å². The van der Waals surface area contributed by atoms with Crippen molar-refractivity contribution in [2.45, 2.75) is 26.7 Å². The summed E-state index contributed by atoms with van der Waals surface area (Å²) in [6, 6.07) is 10.1. The van der Waals surface area contributed by atoms with Crippen molar-refractivity contribution < 1.29 is 14.5 Å². The van der Waals surface area contributed by atoms with Gasteiger partial charge in [0, 0.05) is 41.8 Å². The van der Waals surface area contributed by atoms with Crippen LogP contribution in [0, 0.1) is 10.1 Å². The molecule has 1 unspecified atom stereocenters. The number of hydrogen-bond acceptors (Lipinski definition) is 6. The molecular formula is C25H25N3O4. The predicted octanol–water partition coefficient (Wildman–Crippen LogP) is 5.06. The number of hydrogen-bond donors (Lipinski definition) is 1. The van der Waals surface area contributed by atoms with Crippen LogP contribution in [0.4, 0.5) is 5.69 Å². The zero-order valence-electron chi connectivity index (χ0n) is 18.2. The van der Waals surface area contributed by atoms with Gasteiger partial charge in [0.15, 0.2) is 0 Å². The molecule has 0 saturated heterocycles. The van der Waals surface area contributed by atoms with E-state index in [0.717, 1.165) is 16.8 Å². The summed E-state index contributed by atoms with van der Waals surface area (Å²) in [4.78, 5) is 28.4. The maximum absolute atomic E-state index is 13.2. The van der Waals surface area contributed by atoms with E-state index in [2.05, 4.69) is 10.3 Å². The summed E-state index contributed by atoms with van der Waals surface area (Å²) in [6.07, 6.45) is 10.7. The Balaban J connectivity index is 2.09. The Morgan fingerprint density at radius 2 is 2.03 bits per heavy atom. The second kappa shape index (κ2) is 10.3. The van der Waals surface area contributed by atoms with Crippen LogP contribution in [0.3, 0.4) is 0 Å². The molecule has 1 atom stereocenters. The van der Waals surface area contributed by atoms with Crippen LogP contribution in [-0.2, 0) is 9.53 Å². The number of aromatic nitrogens is 1. The molecule has 1 aliphatic rings. The van der Waals surface area contributed by atoms with E-state index in [1.54, 1.807) is 43.6 Å². The number of ether oxygens (including phenoxy) is 1. The maximum atomic E-state index is 13.2. The quantitative estimate of drug-likeness (QED) is 0.285. The first kappa shape index (κ1) is 22.7. The number of nitrogens with one attached hydrogen (secondary N) is 1. The fourth-order valence-corrected chi connectivity index (χ4v) is 3.77. The maximum Gasteiger partial charge on any atom is 0.337 e. The number of nitrogens with zero attached hydrogens (tertiary/aromatic N) is 2. The SMILES string of the molecule is C/C=C/C=C/COC(=O)C1=C(C)NC(C)=C(c2cccnc2)C1c1cccc([N+](=O)[O-])c1. The molecule has 0 radical (unpaired) electrons. The Kier molecular flexibility index (Phi) is 7.33. The Hall–Kier alpha value is -4.00. The van der Waals surface area contributed by atoms with Gasteiger partial charge in [-0.1, -0.05) is 36.4 Å². The summed E-state index contributed by atoms with van der Waals surface area (Å²) in [5.74, 6) is -1.03. The summed E-state index contributed by atoms with van der Waals surface area (Å²) in [6.45, 7) is 5.74. The van der Waals surface area contributed by atoms with Crippen LogP contribution in [-0.4, -0.2) is 22.5 Å². The van der Waals surface area contributed by atoms with Gasteiger partial charge in [-0.05, 0) is 49.6 Å². The number of dihydropyridines is 1. The number of allylic oxidation sites excluding steroid dienone is 6. The molecule has 3 rings (SSSR count). The molecule has 1 aromatic heterocycles. The number of nitro groups is 1. The van der Waals surface area contributed by atoms with Crippen molar-refractivity contribution in [3.8, 4) is 0 Å². The van der Waals surface area contributed by atoms with Crippen LogP contribution in [0.2, 0.25) is 0 Å². The first-order valence-corrected chi connectivity index (χ1v) is 10.2. The molecule has 0 saturated carbocycles. The van der Waals surface area contributed by atoms with Gasteiger partial charge in [-0.25, -0.2) is 4.79 Å². The third-order valence-electron chi connectivity index (χ3n) is 5.12. The minimum absolute atomic E-state index is 0.0381. The summed E-state index contributed by atoms with van der Waals surface area (Å²) < 4.78 is 5.52. The van der Waals surface area contributed by atoms with Crippen molar-refractivity contribution in [2.24, 2.45) is 0 Å². The van der Waals surface area contributed by atoms with Crippen LogP contribution in [0.15, 0.2) is 90.1 Å². The third-order valence-corrected chi connectivity index (χ3v) is 5.12. The number of esters is 1. The molecule has 1 N–H and O–H groups in total. The number of benzene rings is 1. The highest BCUT2D eigenvalue weighted by molar-refractivity contribution is 5.97. The number of pyridine rings is 1. The van der Waals surface area contributed by atoms with Gasteiger partial charge in [0.25, 0.3) is 5.69 Å². The number of carbonyl (C=O) groups is 1. The fraction of sp³-hybridized carbons (Fsp3) is 0.200. The molecule has 1 aromatic carbocycles. The Bertz CT molecular complexity index is 1130. The van der Waals surface area contributed by atoms with E-state index >= 15 is 0 Å². The smallest absolute Gasteiger partial charge is 0.337 e. The van der Waals surface area contributed by atoms with Crippen molar-refractivity contribution in [3.63, 3.8) is 0 Å². The van der Waals surface area contributed by atoms with E-state index in [-0.39, 0.29) is 12.3 Å². The average Bonchev–Trinajstić information content (AvgIpc) is 2.79. The molecule has 32 heavy (non-hydrogen) atoms. The highest BCUT2D eigenvalue weighted by atomic mass is 16.6. The Morgan fingerprint density at radius 1 is 1.22 bits per heavy atom. The van der Waals surface area contributed by atoms with Crippen molar-refractivity contribution in [2.75, 3.05) is 6.61 Å². The zero-order chi connectivity index (χ0) is 23.1. The average molecular weight is 431 g/mol.